The van der Waals surface area contributed by atoms with Gasteiger partial charge in [-0.2, -0.15) is 0 Å². The third-order valence-electron chi connectivity index (χ3n) is 1.71. The Labute approximate surface area is 83.9 Å². The fraction of sp³-hybridized carbons (Fsp3) is 1.00. The van der Waals surface area contributed by atoms with Gasteiger partial charge in [0.2, 0.25) is 0 Å². The molecular weight excluding hydrogens is 180 g/mol. The van der Waals surface area contributed by atoms with E-state index in [0.717, 1.165) is 25.7 Å². The first-order valence-electron chi connectivity index (χ1n) is 5.36. The fourth-order valence-corrected chi connectivity index (χ4v) is 0.916. The van der Waals surface area contributed by atoms with Gasteiger partial charge >= 0.3 is 0 Å². The van der Waals surface area contributed by atoms with Crippen LogP contribution in [0.4, 0.5) is 0 Å². The normalized spacial score (nSPS) is 18.9. The summed E-state index contributed by atoms with van der Waals surface area (Å²) in [5, 5.41) is 9.32. The molecule has 0 amide bonds. The Morgan fingerprint density at radius 2 is 1.77 bits per heavy atom. The molecule has 3 heteroatoms. The summed E-state index contributed by atoms with van der Waals surface area (Å²) in [6, 6.07) is 0. The molecule has 0 spiro atoms. The number of rotatable bonds is 3. The Morgan fingerprint density at radius 3 is 2.00 bits per heavy atom. The minimum atomic E-state index is -0.726. The van der Waals surface area contributed by atoms with Crippen LogP contribution in [0.1, 0.15) is 32.6 Å². The van der Waals surface area contributed by atoms with E-state index >= 15 is 0 Å². The second kappa shape index (κ2) is 6.57. The zero-order chi connectivity index (χ0) is 10.3. The van der Waals surface area contributed by atoms with Gasteiger partial charge in [0.25, 0.3) is 0 Å². The molecule has 0 aromatic rings. The van der Waals surface area contributed by atoms with Gasteiger partial charge in [-0.1, -0.05) is 26.6 Å². The van der Waals surface area contributed by atoms with Crippen molar-refractivity contribution in [3.05, 3.63) is 0 Å². The van der Waals surface area contributed by atoms with Crippen LogP contribution in [-0.4, -0.2) is 26.3 Å². The standard InChI is InChI=1S/C7H14O2.C3H10Si/c1-2-6-9-7(8)4-3-5-7;1-4(2)3/h8H,2-6H2,1H3;4H,1-3H3. The molecule has 0 radical (unpaired) electrons. The van der Waals surface area contributed by atoms with Crippen LogP contribution in [0.15, 0.2) is 0 Å². The Bertz CT molecular complexity index is 119. The summed E-state index contributed by atoms with van der Waals surface area (Å²) in [4.78, 5) is 0. The summed E-state index contributed by atoms with van der Waals surface area (Å²) in [7, 11) is -0.139. The molecular formula is C10H24O2Si. The van der Waals surface area contributed by atoms with Gasteiger partial charge in [0.05, 0.1) is 0 Å². The summed E-state index contributed by atoms with van der Waals surface area (Å²) < 4.78 is 5.17. The zero-order valence-electron chi connectivity index (χ0n) is 9.47. The SMILES string of the molecule is CCCOC1(O)CCC1.C[SiH](C)C. The lowest BCUT2D eigenvalue weighted by atomic mass is 9.91. The number of aliphatic hydroxyl groups is 1. The van der Waals surface area contributed by atoms with Gasteiger partial charge in [0, 0.05) is 28.2 Å². The molecule has 0 aromatic carbocycles. The van der Waals surface area contributed by atoms with Crippen LogP contribution < -0.4 is 0 Å². The van der Waals surface area contributed by atoms with Crippen molar-refractivity contribution in [1.82, 2.24) is 0 Å². The minimum Gasteiger partial charge on any atom is -0.365 e. The first kappa shape index (κ1) is 13.1. The number of hydrogen-bond acceptors (Lipinski definition) is 2. The van der Waals surface area contributed by atoms with E-state index in [4.69, 9.17) is 4.74 Å². The molecule has 13 heavy (non-hydrogen) atoms. The molecule has 0 aliphatic heterocycles. The van der Waals surface area contributed by atoms with E-state index in [9.17, 15) is 5.11 Å². The van der Waals surface area contributed by atoms with E-state index in [1.165, 1.54) is 0 Å². The third kappa shape index (κ3) is 7.23. The van der Waals surface area contributed by atoms with Crippen LogP contribution in [0.5, 0.6) is 0 Å². The highest BCUT2D eigenvalue weighted by molar-refractivity contribution is 6.54. The lowest BCUT2D eigenvalue weighted by Gasteiger charge is -2.35. The summed E-state index contributed by atoms with van der Waals surface area (Å²) in [6.07, 6.45) is 3.75. The van der Waals surface area contributed by atoms with Gasteiger partial charge in [-0.3, -0.25) is 0 Å². The zero-order valence-corrected chi connectivity index (χ0v) is 10.6. The van der Waals surface area contributed by atoms with Gasteiger partial charge in [-0.25, -0.2) is 0 Å². The average molecular weight is 204 g/mol. The van der Waals surface area contributed by atoms with E-state index in [-0.39, 0.29) is 8.80 Å². The van der Waals surface area contributed by atoms with Crippen molar-refractivity contribution in [3.63, 3.8) is 0 Å². The minimum absolute atomic E-state index is 0.139. The Kier molecular flexibility index (Phi) is 6.64. The fourth-order valence-electron chi connectivity index (χ4n) is 0.916. The summed E-state index contributed by atoms with van der Waals surface area (Å²) in [6.45, 7) is 9.65. The molecule has 1 N–H and O–H groups in total. The maximum Gasteiger partial charge on any atom is 0.165 e. The molecule has 0 heterocycles. The molecule has 0 atom stereocenters. The van der Waals surface area contributed by atoms with E-state index in [2.05, 4.69) is 19.6 Å². The van der Waals surface area contributed by atoms with Crippen LogP contribution in [0.2, 0.25) is 19.6 Å². The first-order valence-corrected chi connectivity index (χ1v) is 8.83. The van der Waals surface area contributed by atoms with Crippen molar-refractivity contribution >= 4 is 8.80 Å². The summed E-state index contributed by atoms with van der Waals surface area (Å²) >= 11 is 0. The van der Waals surface area contributed by atoms with Crippen molar-refractivity contribution in [1.29, 1.82) is 0 Å². The number of ether oxygens (including phenoxy) is 1. The van der Waals surface area contributed by atoms with Crippen molar-refractivity contribution in [2.75, 3.05) is 6.61 Å². The molecule has 0 bridgehead atoms. The molecule has 1 aliphatic carbocycles. The molecule has 1 aliphatic rings. The maximum absolute atomic E-state index is 9.32. The molecule has 1 saturated carbocycles. The molecule has 80 valence electrons. The molecule has 2 nitrogen and oxygen atoms in total. The monoisotopic (exact) mass is 204 g/mol. The molecule has 0 aromatic heterocycles. The van der Waals surface area contributed by atoms with Gasteiger partial charge in [-0.15, -0.1) is 0 Å². The van der Waals surface area contributed by atoms with Gasteiger partial charge in [0.1, 0.15) is 0 Å². The van der Waals surface area contributed by atoms with E-state index in [1.807, 2.05) is 6.92 Å². The molecule has 1 rings (SSSR count). The molecule has 0 saturated heterocycles. The van der Waals surface area contributed by atoms with Crippen molar-refractivity contribution in [3.8, 4) is 0 Å². The number of hydrogen-bond donors (Lipinski definition) is 1. The van der Waals surface area contributed by atoms with Crippen LogP contribution in [-0.2, 0) is 4.74 Å². The highest BCUT2D eigenvalue weighted by atomic mass is 28.3. The van der Waals surface area contributed by atoms with Crippen LogP contribution in [0.3, 0.4) is 0 Å². The van der Waals surface area contributed by atoms with Crippen molar-refractivity contribution < 1.29 is 9.84 Å². The van der Waals surface area contributed by atoms with Gasteiger partial charge < -0.3 is 9.84 Å². The van der Waals surface area contributed by atoms with Crippen LogP contribution in [0, 0.1) is 0 Å². The highest BCUT2D eigenvalue weighted by Gasteiger charge is 2.34. The van der Waals surface area contributed by atoms with E-state index in [1.54, 1.807) is 0 Å². The Balaban J connectivity index is 0.000000310. The van der Waals surface area contributed by atoms with Crippen molar-refractivity contribution in [2.45, 2.75) is 58.0 Å². The highest BCUT2D eigenvalue weighted by Crippen LogP contribution is 2.32. The second-order valence-electron chi connectivity index (χ2n) is 4.38. The molecule has 0 unspecified atom stereocenters. The third-order valence-corrected chi connectivity index (χ3v) is 1.71. The summed E-state index contributed by atoms with van der Waals surface area (Å²) in [5.41, 5.74) is 0. The largest absolute Gasteiger partial charge is 0.365 e. The van der Waals surface area contributed by atoms with Crippen molar-refractivity contribution in [2.24, 2.45) is 0 Å². The smallest absolute Gasteiger partial charge is 0.165 e. The summed E-state index contributed by atoms with van der Waals surface area (Å²) in [5.74, 6) is -0.726. The second-order valence-corrected chi connectivity index (χ2v) is 7.84. The van der Waals surface area contributed by atoms with E-state index in [0.29, 0.717) is 6.61 Å². The first-order chi connectivity index (χ1) is 6.00. The van der Waals surface area contributed by atoms with Gasteiger partial charge in [-0.05, 0) is 12.8 Å². The Hall–Kier alpha value is 0.137. The molecule has 1 fully saturated rings. The maximum atomic E-state index is 9.32. The quantitative estimate of drug-likeness (QED) is 0.565. The lowest BCUT2D eigenvalue weighted by Crippen LogP contribution is -2.39. The predicted molar refractivity (Wildman–Crippen MR) is 59.8 cm³/mol. The van der Waals surface area contributed by atoms with Crippen LogP contribution in [0.25, 0.3) is 0 Å². The lowest BCUT2D eigenvalue weighted by molar-refractivity contribution is -0.246. The average Bonchev–Trinajstić information content (AvgIpc) is 1.96. The van der Waals surface area contributed by atoms with Gasteiger partial charge in [0.15, 0.2) is 5.79 Å². The van der Waals surface area contributed by atoms with Crippen LogP contribution >= 0.6 is 0 Å². The predicted octanol–water partition coefficient (Wildman–Crippen LogP) is 2.39. The van der Waals surface area contributed by atoms with E-state index < -0.39 is 5.79 Å². The topological polar surface area (TPSA) is 29.5 Å². The Morgan fingerprint density at radius 1 is 1.31 bits per heavy atom.